The van der Waals surface area contributed by atoms with Crippen molar-refractivity contribution in [1.82, 2.24) is 4.90 Å². The number of carbonyl (C=O) groups is 1. The van der Waals surface area contributed by atoms with E-state index in [1.54, 1.807) is 0 Å². The molecule has 136 valence electrons. The molecule has 0 spiro atoms. The van der Waals surface area contributed by atoms with E-state index < -0.39 is 0 Å². The Morgan fingerprint density at radius 2 is 2.16 bits per heavy atom. The smallest absolute Gasteiger partial charge is 0.260 e. The first-order valence-electron chi connectivity index (χ1n) is 9.38. The maximum absolute atomic E-state index is 12.8. The molecule has 0 N–H and O–H groups in total. The summed E-state index contributed by atoms with van der Waals surface area (Å²) in [5.74, 6) is 1.51. The molecule has 1 aromatic carbocycles. The van der Waals surface area contributed by atoms with Crippen LogP contribution in [-0.2, 0) is 16.0 Å². The van der Waals surface area contributed by atoms with E-state index in [4.69, 9.17) is 14.2 Å². The third kappa shape index (κ3) is 3.34. The fourth-order valence-electron chi connectivity index (χ4n) is 4.33. The Balaban J connectivity index is 1.42. The molecule has 0 radical (unpaired) electrons. The normalized spacial score (nSPS) is 27.2. The number of amides is 1. The van der Waals surface area contributed by atoms with Gasteiger partial charge in [-0.15, -0.1) is 0 Å². The largest absolute Gasteiger partial charge is 0.483 e. The van der Waals surface area contributed by atoms with Crippen molar-refractivity contribution in [1.29, 1.82) is 0 Å². The van der Waals surface area contributed by atoms with Gasteiger partial charge in [0.25, 0.3) is 5.91 Å². The number of ether oxygens (including phenoxy) is 3. The molecule has 0 unspecified atom stereocenters. The first kappa shape index (κ1) is 16.7. The lowest BCUT2D eigenvalue weighted by Crippen LogP contribution is -2.55. The summed E-state index contributed by atoms with van der Waals surface area (Å²) in [6, 6.07) is 6.13. The van der Waals surface area contributed by atoms with Crippen molar-refractivity contribution >= 4 is 5.91 Å². The second-order valence-electron chi connectivity index (χ2n) is 7.92. The molecule has 1 saturated heterocycles. The fourth-order valence-corrected chi connectivity index (χ4v) is 4.33. The molecule has 1 amide bonds. The van der Waals surface area contributed by atoms with Gasteiger partial charge in [-0.05, 0) is 32.8 Å². The first-order valence-corrected chi connectivity index (χ1v) is 9.38. The molecule has 4 rings (SSSR count). The number of rotatable bonds is 3. The Bertz CT molecular complexity index is 655. The Labute approximate surface area is 149 Å². The van der Waals surface area contributed by atoms with Gasteiger partial charge in [0.1, 0.15) is 5.60 Å². The van der Waals surface area contributed by atoms with Gasteiger partial charge in [0.15, 0.2) is 18.1 Å². The molecule has 1 aliphatic carbocycles. The Morgan fingerprint density at radius 1 is 1.32 bits per heavy atom. The summed E-state index contributed by atoms with van der Waals surface area (Å²) in [7, 11) is 0. The number of hydrogen-bond donors (Lipinski definition) is 0. The predicted molar refractivity (Wildman–Crippen MR) is 94.1 cm³/mol. The lowest BCUT2D eigenvalue weighted by Gasteiger charge is -2.43. The van der Waals surface area contributed by atoms with Crippen LogP contribution >= 0.6 is 0 Å². The zero-order valence-corrected chi connectivity index (χ0v) is 15.1. The maximum atomic E-state index is 12.8. The third-order valence-corrected chi connectivity index (χ3v) is 5.46. The van der Waals surface area contributed by atoms with Crippen LogP contribution < -0.4 is 9.47 Å². The predicted octanol–water partition coefficient (Wildman–Crippen LogP) is 2.95. The number of benzene rings is 1. The second kappa shape index (κ2) is 6.52. The molecule has 5 nitrogen and oxygen atoms in total. The van der Waals surface area contributed by atoms with Crippen molar-refractivity contribution in [3.8, 4) is 11.5 Å². The van der Waals surface area contributed by atoms with Gasteiger partial charge in [0.05, 0.1) is 18.8 Å². The Hall–Kier alpha value is -1.75. The number of hydrogen-bond acceptors (Lipinski definition) is 4. The van der Waals surface area contributed by atoms with E-state index in [2.05, 4.69) is 19.9 Å². The number of fused-ring (bicyclic) bond motifs is 2. The summed E-state index contributed by atoms with van der Waals surface area (Å²) >= 11 is 0. The summed E-state index contributed by atoms with van der Waals surface area (Å²) in [6.07, 6.45) is 5.53. The van der Waals surface area contributed by atoms with E-state index in [1.165, 1.54) is 12.8 Å². The fraction of sp³-hybridized carbons (Fsp3) is 0.650. The van der Waals surface area contributed by atoms with Crippen LogP contribution in [0.25, 0.3) is 0 Å². The number of morpholine rings is 1. The van der Waals surface area contributed by atoms with Crippen LogP contribution in [0.5, 0.6) is 11.5 Å². The molecule has 0 bridgehead atoms. The number of carbonyl (C=O) groups excluding carboxylic acids is 1. The van der Waals surface area contributed by atoms with Gasteiger partial charge < -0.3 is 19.1 Å². The highest BCUT2D eigenvalue weighted by molar-refractivity contribution is 5.78. The summed E-state index contributed by atoms with van der Waals surface area (Å²) in [5.41, 5.74) is 0.930. The molecule has 2 aliphatic heterocycles. The summed E-state index contributed by atoms with van der Waals surface area (Å²) < 4.78 is 17.8. The molecule has 0 aromatic heterocycles. The SMILES string of the molecule is CC1(C)Cc2cccc(OCC(=O)N3CCO[C@@H]4CCCC[C@H]43)c2O1. The second-order valence-corrected chi connectivity index (χ2v) is 7.92. The van der Waals surface area contributed by atoms with Crippen LogP contribution in [0.15, 0.2) is 18.2 Å². The minimum absolute atomic E-state index is 0.0510. The first-order chi connectivity index (χ1) is 12.0. The molecule has 2 fully saturated rings. The van der Waals surface area contributed by atoms with E-state index in [-0.39, 0.29) is 30.3 Å². The van der Waals surface area contributed by atoms with Gasteiger partial charge in [0, 0.05) is 18.5 Å². The number of nitrogens with zero attached hydrogens (tertiary/aromatic N) is 1. The molecular weight excluding hydrogens is 318 g/mol. The quantitative estimate of drug-likeness (QED) is 0.845. The van der Waals surface area contributed by atoms with Crippen LogP contribution in [-0.4, -0.2) is 48.3 Å². The molecule has 1 aromatic rings. The average molecular weight is 345 g/mol. The molecule has 2 atom stereocenters. The lowest BCUT2D eigenvalue weighted by molar-refractivity contribution is -0.151. The van der Waals surface area contributed by atoms with E-state index in [0.29, 0.717) is 18.9 Å². The van der Waals surface area contributed by atoms with Crippen LogP contribution in [0.2, 0.25) is 0 Å². The minimum atomic E-state index is -0.217. The van der Waals surface area contributed by atoms with Crippen LogP contribution in [0.1, 0.15) is 45.1 Å². The third-order valence-electron chi connectivity index (χ3n) is 5.46. The van der Waals surface area contributed by atoms with Crippen molar-refractivity contribution < 1.29 is 19.0 Å². The van der Waals surface area contributed by atoms with E-state index >= 15 is 0 Å². The maximum Gasteiger partial charge on any atom is 0.260 e. The standard InChI is InChI=1S/C20H27NO4/c1-20(2)12-14-6-5-9-17(19(14)25-20)24-13-18(22)21-10-11-23-16-8-4-3-7-15(16)21/h5-6,9,15-16H,3-4,7-8,10-13H2,1-2H3/t15-,16-/m1/s1. The molecule has 25 heavy (non-hydrogen) atoms. The zero-order chi connectivity index (χ0) is 17.4. The number of para-hydroxylation sites is 1. The molecule has 1 saturated carbocycles. The summed E-state index contributed by atoms with van der Waals surface area (Å²) in [4.78, 5) is 14.7. The minimum Gasteiger partial charge on any atom is -0.483 e. The van der Waals surface area contributed by atoms with Gasteiger partial charge in [-0.3, -0.25) is 4.79 Å². The zero-order valence-electron chi connectivity index (χ0n) is 15.1. The van der Waals surface area contributed by atoms with E-state index in [9.17, 15) is 4.79 Å². The molecule has 3 aliphatic rings. The van der Waals surface area contributed by atoms with Gasteiger partial charge in [0.2, 0.25) is 0 Å². The van der Waals surface area contributed by atoms with Crippen LogP contribution in [0.3, 0.4) is 0 Å². The van der Waals surface area contributed by atoms with Crippen molar-refractivity contribution in [2.24, 2.45) is 0 Å². The Morgan fingerprint density at radius 3 is 3.04 bits per heavy atom. The van der Waals surface area contributed by atoms with Crippen LogP contribution in [0.4, 0.5) is 0 Å². The van der Waals surface area contributed by atoms with E-state index in [1.807, 2.05) is 17.0 Å². The highest BCUT2D eigenvalue weighted by Gasteiger charge is 2.37. The Kier molecular flexibility index (Phi) is 4.36. The van der Waals surface area contributed by atoms with E-state index in [0.717, 1.165) is 30.6 Å². The van der Waals surface area contributed by atoms with Crippen molar-refractivity contribution in [2.45, 2.75) is 63.7 Å². The molecule has 5 heteroatoms. The molecular formula is C20H27NO4. The van der Waals surface area contributed by atoms with Gasteiger partial charge in [-0.25, -0.2) is 0 Å². The summed E-state index contributed by atoms with van der Waals surface area (Å²) in [5, 5.41) is 0. The highest BCUT2D eigenvalue weighted by atomic mass is 16.5. The topological polar surface area (TPSA) is 48.0 Å². The van der Waals surface area contributed by atoms with Crippen molar-refractivity contribution in [3.05, 3.63) is 23.8 Å². The lowest BCUT2D eigenvalue weighted by atomic mass is 9.90. The van der Waals surface area contributed by atoms with Crippen molar-refractivity contribution in [2.75, 3.05) is 19.8 Å². The van der Waals surface area contributed by atoms with Gasteiger partial charge in [-0.1, -0.05) is 25.0 Å². The molecule has 2 heterocycles. The van der Waals surface area contributed by atoms with Gasteiger partial charge in [-0.2, -0.15) is 0 Å². The van der Waals surface area contributed by atoms with Gasteiger partial charge >= 0.3 is 0 Å². The monoisotopic (exact) mass is 345 g/mol. The summed E-state index contributed by atoms with van der Waals surface area (Å²) in [6.45, 7) is 5.49. The average Bonchev–Trinajstić information content (AvgIpc) is 2.93. The van der Waals surface area contributed by atoms with Crippen molar-refractivity contribution in [3.63, 3.8) is 0 Å². The van der Waals surface area contributed by atoms with Crippen LogP contribution in [0, 0.1) is 0 Å². The highest BCUT2D eigenvalue weighted by Crippen LogP contribution is 2.41.